The van der Waals surface area contributed by atoms with Gasteiger partial charge in [-0.2, -0.15) is 0 Å². The minimum Gasteiger partial charge on any atom is -0.496 e. The molecule has 2 fully saturated rings. The summed E-state index contributed by atoms with van der Waals surface area (Å²) in [5.74, 6) is 1.80. The van der Waals surface area contributed by atoms with Gasteiger partial charge in [0.2, 0.25) is 0 Å². The van der Waals surface area contributed by atoms with Gasteiger partial charge in [0.1, 0.15) is 5.75 Å². The van der Waals surface area contributed by atoms with Gasteiger partial charge in [0.25, 0.3) is 0 Å². The summed E-state index contributed by atoms with van der Waals surface area (Å²) in [6.07, 6.45) is 6.36. The van der Waals surface area contributed by atoms with Crippen LogP contribution >= 0.6 is 0 Å². The zero-order chi connectivity index (χ0) is 16.6. The maximum atomic E-state index is 5.79. The Labute approximate surface area is 146 Å². The van der Waals surface area contributed by atoms with Crippen molar-refractivity contribution in [3.05, 3.63) is 29.8 Å². The molecular formula is C20H31NO3. The molecule has 134 valence electrons. The van der Waals surface area contributed by atoms with E-state index in [9.17, 15) is 0 Å². The molecule has 1 aromatic rings. The summed E-state index contributed by atoms with van der Waals surface area (Å²) in [5.41, 5.74) is 1.35. The number of nitrogens with zero attached hydrogens (tertiary/aromatic N) is 1. The zero-order valence-electron chi connectivity index (χ0n) is 14.9. The lowest BCUT2D eigenvalue weighted by Crippen LogP contribution is -2.36. The third kappa shape index (κ3) is 5.20. The van der Waals surface area contributed by atoms with E-state index in [0.29, 0.717) is 6.10 Å². The van der Waals surface area contributed by atoms with Gasteiger partial charge in [-0.15, -0.1) is 0 Å². The molecule has 24 heavy (non-hydrogen) atoms. The van der Waals surface area contributed by atoms with E-state index in [1.807, 2.05) is 6.07 Å². The molecule has 2 aliphatic rings. The van der Waals surface area contributed by atoms with E-state index in [1.54, 1.807) is 7.11 Å². The van der Waals surface area contributed by atoms with Crippen molar-refractivity contribution in [2.75, 3.05) is 46.6 Å². The highest BCUT2D eigenvalue weighted by Gasteiger charge is 2.21. The quantitative estimate of drug-likeness (QED) is 0.684. The number of piperidine rings is 1. The molecule has 0 bridgehead atoms. The van der Waals surface area contributed by atoms with Crippen molar-refractivity contribution in [1.29, 1.82) is 0 Å². The molecule has 1 aromatic carbocycles. The van der Waals surface area contributed by atoms with Gasteiger partial charge in [-0.1, -0.05) is 18.2 Å². The highest BCUT2D eigenvalue weighted by molar-refractivity contribution is 5.33. The molecule has 0 saturated carbocycles. The van der Waals surface area contributed by atoms with E-state index in [4.69, 9.17) is 14.2 Å². The van der Waals surface area contributed by atoms with Gasteiger partial charge in [-0.05, 0) is 62.7 Å². The van der Waals surface area contributed by atoms with E-state index in [1.165, 1.54) is 37.9 Å². The standard InChI is InChI=1S/C20H31NO3/c1-22-20-7-3-2-5-18(20)15-17-8-10-21(11-9-17)12-14-23-16-19-6-4-13-24-19/h2-3,5,7,17,19H,4,6,8-16H2,1H3. The molecule has 0 N–H and O–H groups in total. The Hall–Kier alpha value is -1.10. The van der Waals surface area contributed by atoms with Gasteiger partial charge in [0, 0.05) is 13.2 Å². The first-order valence-corrected chi connectivity index (χ1v) is 9.38. The van der Waals surface area contributed by atoms with Crippen molar-refractivity contribution in [1.82, 2.24) is 4.90 Å². The van der Waals surface area contributed by atoms with Gasteiger partial charge in [0.15, 0.2) is 0 Å². The summed E-state index contributed by atoms with van der Waals surface area (Å²) in [4.78, 5) is 2.54. The molecule has 2 aliphatic heterocycles. The Morgan fingerprint density at radius 2 is 2.00 bits per heavy atom. The van der Waals surface area contributed by atoms with Crippen LogP contribution in [0.4, 0.5) is 0 Å². The van der Waals surface area contributed by atoms with Crippen LogP contribution in [-0.4, -0.2) is 57.6 Å². The van der Waals surface area contributed by atoms with Crippen LogP contribution in [0.3, 0.4) is 0 Å². The van der Waals surface area contributed by atoms with E-state index >= 15 is 0 Å². The fraction of sp³-hybridized carbons (Fsp3) is 0.700. The van der Waals surface area contributed by atoms with Crippen LogP contribution in [0.1, 0.15) is 31.2 Å². The number of rotatable bonds is 8. The first kappa shape index (κ1) is 17.7. The van der Waals surface area contributed by atoms with Crippen LogP contribution in [0.15, 0.2) is 24.3 Å². The van der Waals surface area contributed by atoms with Crippen molar-refractivity contribution in [2.45, 2.75) is 38.2 Å². The first-order valence-electron chi connectivity index (χ1n) is 9.38. The lowest BCUT2D eigenvalue weighted by molar-refractivity contribution is 0.00796. The highest BCUT2D eigenvalue weighted by Crippen LogP contribution is 2.26. The van der Waals surface area contributed by atoms with Crippen LogP contribution < -0.4 is 4.74 Å². The fourth-order valence-electron chi connectivity index (χ4n) is 3.78. The topological polar surface area (TPSA) is 30.9 Å². The number of methoxy groups -OCH3 is 1. The molecule has 4 nitrogen and oxygen atoms in total. The number of ether oxygens (including phenoxy) is 3. The minimum absolute atomic E-state index is 0.344. The van der Waals surface area contributed by atoms with Crippen molar-refractivity contribution in [3.63, 3.8) is 0 Å². The van der Waals surface area contributed by atoms with Crippen LogP contribution in [0.2, 0.25) is 0 Å². The second kappa shape index (κ2) is 9.40. The molecule has 3 rings (SSSR count). The second-order valence-electron chi connectivity index (χ2n) is 7.01. The normalized spacial score (nSPS) is 22.8. The third-order valence-electron chi connectivity index (χ3n) is 5.29. The van der Waals surface area contributed by atoms with Gasteiger partial charge < -0.3 is 19.1 Å². The van der Waals surface area contributed by atoms with Gasteiger partial charge in [-0.3, -0.25) is 0 Å². The van der Waals surface area contributed by atoms with Crippen molar-refractivity contribution < 1.29 is 14.2 Å². The first-order chi connectivity index (χ1) is 11.8. The summed E-state index contributed by atoms with van der Waals surface area (Å²) >= 11 is 0. The average Bonchev–Trinajstić information content (AvgIpc) is 3.14. The van der Waals surface area contributed by atoms with Gasteiger partial charge in [0.05, 0.1) is 26.4 Å². The Bertz CT molecular complexity index is 480. The lowest BCUT2D eigenvalue weighted by Gasteiger charge is -2.32. The van der Waals surface area contributed by atoms with E-state index < -0.39 is 0 Å². The zero-order valence-corrected chi connectivity index (χ0v) is 14.9. The fourth-order valence-corrected chi connectivity index (χ4v) is 3.78. The van der Waals surface area contributed by atoms with E-state index in [2.05, 4.69) is 23.1 Å². The number of para-hydroxylation sites is 1. The monoisotopic (exact) mass is 333 g/mol. The van der Waals surface area contributed by atoms with Gasteiger partial charge >= 0.3 is 0 Å². The van der Waals surface area contributed by atoms with Crippen molar-refractivity contribution >= 4 is 0 Å². The number of likely N-dealkylation sites (tertiary alicyclic amines) is 1. The maximum Gasteiger partial charge on any atom is 0.122 e. The highest BCUT2D eigenvalue weighted by atomic mass is 16.5. The third-order valence-corrected chi connectivity index (χ3v) is 5.29. The predicted octanol–water partition coefficient (Wildman–Crippen LogP) is 3.15. The number of benzene rings is 1. The Kier molecular flexibility index (Phi) is 6.94. The lowest BCUT2D eigenvalue weighted by atomic mass is 9.90. The molecule has 0 spiro atoms. The van der Waals surface area contributed by atoms with E-state index in [0.717, 1.165) is 50.9 Å². The van der Waals surface area contributed by atoms with Crippen LogP contribution in [0.5, 0.6) is 5.75 Å². The Morgan fingerprint density at radius 3 is 2.75 bits per heavy atom. The predicted molar refractivity (Wildman–Crippen MR) is 95.7 cm³/mol. The minimum atomic E-state index is 0.344. The molecule has 2 heterocycles. The Balaban J connectivity index is 1.32. The van der Waals surface area contributed by atoms with Crippen LogP contribution in [0.25, 0.3) is 0 Å². The number of hydrogen-bond donors (Lipinski definition) is 0. The summed E-state index contributed by atoms with van der Waals surface area (Å²) in [6.45, 7) is 5.93. The summed E-state index contributed by atoms with van der Waals surface area (Å²) in [5, 5.41) is 0. The average molecular weight is 333 g/mol. The van der Waals surface area contributed by atoms with Crippen molar-refractivity contribution in [2.24, 2.45) is 5.92 Å². The summed E-state index contributed by atoms with van der Waals surface area (Å²) in [7, 11) is 1.76. The summed E-state index contributed by atoms with van der Waals surface area (Å²) < 4.78 is 16.9. The summed E-state index contributed by atoms with van der Waals surface area (Å²) in [6, 6.07) is 8.42. The van der Waals surface area contributed by atoms with Crippen LogP contribution in [-0.2, 0) is 15.9 Å². The smallest absolute Gasteiger partial charge is 0.122 e. The Morgan fingerprint density at radius 1 is 1.17 bits per heavy atom. The maximum absolute atomic E-state index is 5.79. The SMILES string of the molecule is COc1ccccc1CC1CCN(CCOCC2CCCO2)CC1. The van der Waals surface area contributed by atoms with Gasteiger partial charge in [-0.25, -0.2) is 0 Å². The molecule has 1 unspecified atom stereocenters. The molecule has 1 atom stereocenters. The molecule has 4 heteroatoms. The van der Waals surface area contributed by atoms with Crippen LogP contribution in [0, 0.1) is 5.92 Å². The largest absolute Gasteiger partial charge is 0.496 e. The number of hydrogen-bond acceptors (Lipinski definition) is 4. The molecule has 0 aliphatic carbocycles. The van der Waals surface area contributed by atoms with E-state index in [-0.39, 0.29) is 0 Å². The molecular weight excluding hydrogens is 302 g/mol. The van der Waals surface area contributed by atoms with Crippen molar-refractivity contribution in [3.8, 4) is 5.75 Å². The molecule has 0 aromatic heterocycles. The molecule has 0 radical (unpaired) electrons. The molecule has 2 saturated heterocycles. The second-order valence-corrected chi connectivity index (χ2v) is 7.01. The molecule has 0 amide bonds.